The highest BCUT2D eigenvalue weighted by atomic mass is 19.4. The zero-order chi connectivity index (χ0) is 27.6. The lowest BCUT2D eigenvalue weighted by Gasteiger charge is -2.33. The SMILES string of the molecule is Cc1ccc(NC(=O)c2ccc(CN3CCN(C)CC3)c(C(F)(F)F)c2)cc1C#Cc1ccc2nncn2n1. The van der Waals surface area contributed by atoms with Crippen LogP contribution in [-0.2, 0) is 12.7 Å². The van der Waals surface area contributed by atoms with Gasteiger partial charge in [0.25, 0.3) is 5.91 Å². The number of rotatable bonds is 4. The van der Waals surface area contributed by atoms with Crippen LogP contribution in [0.25, 0.3) is 5.65 Å². The third-order valence-electron chi connectivity index (χ3n) is 6.65. The van der Waals surface area contributed by atoms with Gasteiger partial charge in [0.1, 0.15) is 12.0 Å². The fourth-order valence-corrected chi connectivity index (χ4v) is 4.33. The molecule has 0 aliphatic carbocycles. The van der Waals surface area contributed by atoms with E-state index in [0.717, 1.165) is 24.7 Å². The molecule has 0 unspecified atom stereocenters. The summed E-state index contributed by atoms with van der Waals surface area (Å²) in [6, 6.07) is 12.4. The van der Waals surface area contributed by atoms with Gasteiger partial charge in [0.15, 0.2) is 5.65 Å². The Kier molecular flexibility index (Phi) is 7.32. The lowest BCUT2D eigenvalue weighted by Crippen LogP contribution is -2.44. The van der Waals surface area contributed by atoms with Crippen LogP contribution in [0.15, 0.2) is 54.9 Å². The summed E-state index contributed by atoms with van der Waals surface area (Å²) in [5.74, 6) is 5.39. The summed E-state index contributed by atoms with van der Waals surface area (Å²) in [5.41, 5.74) is 2.36. The molecule has 1 aliphatic heterocycles. The van der Waals surface area contributed by atoms with E-state index in [4.69, 9.17) is 0 Å². The van der Waals surface area contributed by atoms with Crippen molar-refractivity contribution < 1.29 is 18.0 Å². The van der Waals surface area contributed by atoms with Gasteiger partial charge in [0, 0.05) is 49.5 Å². The molecule has 1 saturated heterocycles. The number of fused-ring (bicyclic) bond motifs is 1. The van der Waals surface area contributed by atoms with E-state index in [1.165, 1.54) is 23.0 Å². The van der Waals surface area contributed by atoms with Gasteiger partial charge in [-0.3, -0.25) is 9.69 Å². The number of anilines is 1. The van der Waals surface area contributed by atoms with Crippen molar-refractivity contribution in [3.8, 4) is 11.8 Å². The smallest absolute Gasteiger partial charge is 0.322 e. The van der Waals surface area contributed by atoms with Crippen molar-refractivity contribution in [2.45, 2.75) is 19.6 Å². The monoisotopic (exact) mass is 533 g/mol. The number of carbonyl (C=O) groups is 1. The number of hydrogen-bond acceptors (Lipinski definition) is 6. The van der Waals surface area contributed by atoms with Gasteiger partial charge in [0.2, 0.25) is 0 Å². The first-order chi connectivity index (χ1) is 18.7. The predicted molar refractivity (Wildman–Crippen MR) is 140 cm³/mol. The minimum atomic E-state index is -4.57. The van der Waals surface area contributed by atoms with E-state index in [-0.39, 0.29) is 17.7 Å². The maximum absolute atomic E-state index is 13.9. The Balaban J connectivity index is 1.34. The molecule has 5 rings (SSSR count). The third kappa shape index (κ3) is 6.25. The number of nitrogens with zero attached hydrogens (tertiary/aromatic N) is 6. The number of carbonyl (C=O) groups excluding carboxylic acids is 1. The molecule has 0 saturated carbocycles. The van der Waals surface area contributed by atoms with Crippen LogP contribution >= 0.6 is 0 Å². The van der Waals surface area contributed by atoms with Crippen molar-refractivity contribution in [1.29, 1.82) is 0 Å². The van der Waals surface area contributed by atoms with Crippen molar-refractivity contribution in [2.75, 3.05) is 38.5 Å². The van der Waals surface area contributed by atoms with Crippen molar-refractivity contribution in [3.05, 3.63) is 88.4 Å². The van der Waals surface area contributed by atoms with Gasteiger partial charge in [-0.05, 0) is 67.4 Å². The van der Waals surface area contributed by atoms with Gasteiger partial charge < -0.3 is 10.2 Å². The van der Waals surface area contributed by atoms with Gasteiger partial charge >= 0.3 is 6.18 Å². The quantitative estimate of drug-likeness (QED) is 0.402. The Labute approximate surface area is 223 Å². The molecule has 2 aromatic carbocycles. The summed E-state index contributed by atoms with van der Waals surface area (Å²) in [6.45, 7) is 5.06. The number of nitrogens with one attached hydrogen (secondary N) is 1. The Morgan fingerprint density at radius 1 is 1.03 bits per heavy atom. The molecule has 11 heteroatoms. The molecule has 8 nitrogen and oxygen atoms in total. The van der Waals surface area contributed by atoms with E-state index in [9.17, 15) is 18.0 Å². The summed E-state index contributed by atoms with van der Waals surface area (Å²) in [4.78, 5) is 17.1. The maximum Gasteiger partial charge on any atom is 0.416 e. The van der Waals surface area contributed by atoms with Crippen molar-refractivity contribution in [3.63, 3.8) is 0 Å². The van der Waals surface area contributed by atoms with E-state index in [0.29, 0.717) is 35.7 Å². The molecular formula is C28H26F3N7O. The molecule has 0 bridgehead atoms. The highest BCUT2D eigenvalue weighted by Crippen LogP contribution is 2.33. The first-order valence-corrected chi connectivity index (χ1v) is 12.4. The molecule has 3 heterocycles. The van der Waals surface area contributed by atoms with Gasteiger partial charge in [-0.2, -0.15) is 22.8 Å². The molecule has 0 radical (unpaired) electrons. The molecule has 39 heavy (non-hydrogen) atoms. The number of aryl methyl sites for hydroxylation is 1. The largest absolute Gasteiger partial charge is 0.416 e. The van der Waals surface area contributed by atoms with Crippen LogP contribution in [0.1, 0.15) is 38.3 Å². The first kappa shape index (κ1) is 26.3. The van der Waals surface area contributed by atoms with Crippen LogP contribution in [0.5, 0.6) is 0 Å². The summed E-state index contributed by atoms with van der Waals surface area (Å²) < 4.78 is 43.3. The van der Waals surface area contributed by atoms with E-state index in [1.807, 2.05) is 18.9 Å². The number of benzene rings is 2. The molecule has 1 N–H and O–H groups in total. The van der Waals surface area contributed by atoms with Crippen LogP contribution in [0, 0.1) is 18.8 Å². The van der Waals surface area contributed by atoms with Crippen molar-refractivity contribution >= 4 is 17.2 Å². The Hall–Kier alpha value is -4.27. The molecule has 1 amide bonds. The average molecular weight is 534 g/mol. The van der Waals surface area contributed by atoms with E-state index in [1.54, 1.807) is 30.3 Å². The zero-order valence-corrected chi connectivity index (χ0v) is 21.5. The first-order valence-electron chi connectivity index (χ1n) is 12.4. The number of likely N-dealkylation sites (N-methyl/N-ethyl adjacent to an activating group) is 1. The van der Waals surface area contributed by atoms with Crippen LogP contribution < -0.4 is 5.32 Å². The van der Waals surface area contributed by atoms with Crippen molar-refractivity contribution in [1.82, 2.24) is 29.6 Å². The van der Waals surface area contributed by atoms with Gasteiger partial charge in [-0.1, -0.05) is 18.1 Å². The molecule has 1 aliphatic rings. The number of amides is 1. The summed E-state index contributed by atoms with van der Waals surface area (Å²) in [7, 11) is 1.99. The Morgan fingerprint density at radius 3 is 2.59 bits per heavy atom. The van der Waals surface area contributed by atoms with Gasteiger partial charge in [-0.15, -0.1) is 10.2 Å². The molecule has 0 spiro atoms. The lowest BCUT2D eigenvalue weighted by atomic mass is 10.0. The predicted octanol–water partition coefficient (Wildman–Crippen LogP) is 3.85. The fourth-order valence-electron chi connectivity index (χ4n) is 4.33. The van der Waals surface area contributed by atoms with E-state index < -0.39 is 17.6 Å². The van der Waals surface area contributed by atoms with Crippen molar-refractivity contribution in [2.24, 2.45) is 0 Å². The highest BCUT2D eigenvalue weighted by Gasteiger charge is 2.34. The second-order valence-electron chi connectivity index (χ2n) is 9.54. The van der Waals surface area contributed by atoms with E-state index in [2.05, 4.69) is 37.4 Å². The second kappa shape index (κ2) is 10.8. The molecular weight excluding hydrogens is 507 g/mol. The third-order valence-corrected chi connectivity index (χ3v) is 6.65. The zero-order valence-electron chi connectivity index (χ0n) is 21.5. The molecule has 0 atom stereocenters. The summed E-state index contributed by atoms with van der Waals surface area (Å²) in [6.07, 6.45) is -3.10. The lowest BCUT2D eigenvalue weighted by molar-refractivity contribution is -0.138. The topological polar surface area (TPSA) is 78.7 Å². The minimum absolute atomic E-state index is 0.0656. The average Bonchev–Trinajstić information content (AvgIpc) is 3.38. The Bertz CT molecular complexity index is 1580. The minimum Gasteiger partial charge on any atom is -0.322 e. The summed E-state index contributed by atoms with van der Waals surface area (Å²) >= 11 is 0. The molecule has 200 valence electrons. The number of alkyl halides is 3. The highest BCUT2D eigenvalue weighted by molar-refractivity contribution is 6.04. The molecule has 1 fully saturated rings. The maximum atomic E-state index is 13.9. The van der Waals surface area contributed by atoms with E-state index >= 15 is 0 Å². The van der Waals surface area contributed by atoms with Gasteiger partial charge in [0.05, 0.1) is 5.56 Å². The second-order valence-corrected chi connectivity index (χ2v) is 9.54. The van der Waals surface area contributed by atoms with Crippen LogP contribution in [0.4, 0.5) is 18.9 Å². The molecule has 4 aromatic rings. The number of aromatic nitrogens is 4. The summed E-state index contributed by atoms with van der Waals surface area (Å²) in [5, 5.41) is 14.7. The van der Waals surface area contributed by atoms with Crippen LogP contribution in [-0.4, -0.2) is 68.7 Å². The molecule has 2 aromatic heterocycles. The normalized spacial score (nSPS) is 14.7. The number of hydrogen-bond donors (Lipinski definition) is 1. The standard InChI is InChI=1S/C28H26F3N7O/c1-19-3-7-24(15-20(19)6-8-23-9-10-26-34-32-18-38(26)35-23)33-27(39)21-4-5-22(25(16-21)28(29,30)31)17-37-13-11-36(2)12-14-37/h3-5,7,9-10,15-16,18H,11-14,17H2,1-2H3,(H,33,39). The van der Waals surface area contributed by atoms with Crippen LogP contribution in [0.2, 0.25) is 0 Å². The van der Waals surface area contributed by atoms with Crippen LogP contribution in [0.3, 0.4) is 0 Å². The number of halogens is 3. The number of piperazine rings is 1. The Morgan fingerprint density at radius 2 is 1.82 bits per heavy atom. The van der Waals surface area contributed by atoms with Gasteiger partial charge in [-0.25, -0.2) is 0 Å². The fraction of sp³-hybridized carbons (Fsp3) is 0.286.